The summed E-state index contributed by atoms with van der Waals surface area (Å²) in [5.74, 6) is -1.64. The van der Waals surface area contributed by atoms with Gasteiger partial charge in [-0.05, 0) is 12.1 Å². The van der Waals surface area contributed by atoms with Crippen LogP contribution in [0.4, 0.5) is 10.2 Å². The van der Waals surface area contributed by atoms with E-state index in [1.54, 1.807) is 11.6 Å². The van der Waals surface area contributed by atoms with Crippen molar-refractivity contribution >= 4 is 29.0 Å². The molecule has 1 N–H and O–H groups in total. The van der Waals surface area contributed by atoms with Crippen molar-refractivity contribution in [2.24, 2.45) is 0 Å². The molecule has 24 heavy (non-hydrogen) atoms. The Morgan fingerprint density at radius 2 is 2.17 bits per heavy atom. The maximum atomic E-state index is 12.7. The van der Waals surface area contributed by atoms with Gasteiger partial charge >= 0.3 is 5.97 Å². The lowest BCUT2D eigenvalue weighted by atomic mass is 10.4. The van der Waals surface area contributed by atoms with Gasteiger partial charge in [0.05, 0.1) is 18.0 Å². The first kappa shape index (κ1) is 15.7. The molecule has 3 aromatic heterocycles. The lowest BCUT2D eigenvalue weighted by Crippen LogP contribution is -2.21. The number of hydrogen-bond acceptors (Lipinski definition) is 7. The predicted molar refractivity (Wildman–Crippen MR) is 82.3 cm³/mol. The Morgan fingerprint density at radius 1 is 1.29 bits per heavy atom. The van der Waals surface area contributed by atoms with Crippen molar-refractivity contribution in [3.05, 3.63) is 53.7 Å². The van der Waals surface area contributed by atoms with Crippen LogP contribution in [0.3, 0.4) is 0 Å². The molecule has 8 nitrogen and oxygen atoms in total. The first-order chi connectivity index (χ1) is 11.6. The van der Waals surface area contributed by atoms with Gasteiger partial charge in [-0.3, -0.25) is 4.79 Å². The van der Waals surface area contributed by atoms with Crippen LogP contribution in [0.1, 0.15) is 10.4 Å². The van der Waals surface area contributed by atoms with Crippen molar-refractivity contribution in [2.75, 3.05) is 11.9 Å². The third kappa shape index (κ3) is 3.79. The minimum Gasteiger partial charge on any atom is -0.452 e. The van der Waals surface area contributed by atoms with Crippen molar-refractivity contribution in [2.45, 2.75) is 0 Å². The maximum Gasteiger partial charge on any atom is 0.341 e. The fourth-order valence-electron chi connectivity index (χ4n) is 1.71. The molecule has 0 atom stereocenters. The summed E-state index contributed by atoms with van der Waals surface area (Å²) in [6, 6.07) is 2.45. The van der Waals surface area contributed by atoms with Crippen LogP contribution in [-0.4, -0.2) is 38.2 Å². The Balaban J connectivity index is 1.53. The van der Waals surface area contributed by atoms with Crippen LogP contribution in [0.15, 0.2) is 42.3 Å². The van der Waals surface area contributed by atoms with Crippen LogP contribution in [0.25, 0.3) is 5.13 Å². The molecular formula is C14H10FN5O3S. The van der Waals surface area contributed by atoms with Crippen molar-refractivity contribution in [3.63, 3.8) is 0 Å². The number of pyridine rings is 1. The molecule has 0 bridgehead atoms. The van der Waals surface area contributed by atoms with Gasteiger partial charge in [-0.1, -0.05) is 0 Å². The summed E-state index contributed by atoms with van der Waals surface area (Å²) in [6.07, 6.45) is 5.37. The van der Waals surface area contributed by atoms with Gasteiger partial charge in [0.25, 0.3) is 5.91 Å². The van der Waals surface area contributed by atoms with E-state index in [0.717, 1.165) is 12.3 Å². The average molecular weight is 347 g/mol. The molecule has 3 heterocycles. The molecule has 0 aliphatic rings. The molecule has 0 saturated heterocycles. The molecule has 0 unspecified atom stereocenters. The highest BCUT2D eigenvalue weighted by Gasteiger charge is 2.14. The summed E-state index contributed by atoms with van der Waals surface area (Å²) in [5.41, 5.74) is 0.193. The molecule has 0 saturated carbocycles. The predicted octanol–water partition coefficient (Wildman–Crippen LogP) is 1.66. The highest BCUT2D eigenvalue weighted by Crippen LogP contribution is 2.11. The smallest absolute Gasteiger partial charge is 0.341 e. The number of anilines is 1. The van der Waals surface area contributed by atoms with Gasteiger partial charge in [0, 0.05) is 17.8 Å². The van der Waals surface area contributed by atoms with Gasteiger partial charge in [0.1, 0.15) is 11.6 Å². The number of esters is 1. The Bertz CT molecular complexity index is 848. The minimum atomic E-state index is -0.694. The fraction of sp³-hybridized carbons (Fsp3) is 0.0714. The number of hydrogen-bond donors (Lipinski definition) is 1. The molecule has 0 aliphatic carbocycles. The minimum absolute atomic E-state index is 0.161. The summed E-state index contributed by atoms with van der Waals surface area (Å²) in [7, 11) is 0. The normalized spacial score (nSPS) is 10.4. The summed E-state index contributed by atoms with van der Waals surface area (Å²) < 4.78 is 19.0. The number of aromatic nitrogens is 4. The van der Waals surface area contributed by atoms with E-state index in [1.165, 1.54) is 34.5 Å². The van der Waals surface area contributed by atoms with E-state index in [4.69, 9.17) is 4.74 Å². The van der Waals surface area contributed by atoms with E-state index in [2.05, 4.69) is 20.4 Å². The monoisotopic (exact) mass is 347 g/mol. The van der Waals surface area contributed by atoms with Crippen molar-refractivity contribution in [3.8, 4) is 5.13 Å². The van der Waals surface area contributed by atoms with Crippen molar-refractivity contribution < 1.29 is 18.7 Å². The molecule has 122 valence electrons. The highest BCUT2D eigenvalue weighted by molar-refractivity contribution is 7.12. The Kier molecular flexibility index (Phi) is 4.57. The fourth-order valence-corrected chi connectivity index (χ4v) is 2.28. The number of nitrogens with one attached hydrogen (secondary N) is 1. The molecular weight excluding hydrogens is 337 g/mol. The molecule has 3 aromatic rings. The Labute approximate surface area is 138 Å². The first-order valence-corrected chi connectivity index (χ1v) is 7.53. The molecule has 0 aromatic carbocycles. The lowest BCUT2D eigenvalue weighted by Gasteiger charge is -2.04. The number of thiazole rings is 1. The second-order valence-electron chi connectivity index (χ2n) is 4.47. The summed E-state index contributed by atoms with van der Waals surface area (Å²) in [5, 5.41) is 8.77. The van der Waals surface area contributed by atoms with Crippen molar-refractivity contribution in [1.82, 2.24) is 19.7 Å². The number of ether oxygens (including phenoxy) is 1. The van der Waals surface area contributed by atoms with Gasteiger partial charge in [-0.2, -0.15) is 5.10 Å². The number of carbonyl (C=O) groups excluding carboxylic acids is 2. The van der Waals surface area contributed by atoms with Gasteiger partial charge < -0.3 is 10.1 Å². The lowest BCUT2D eigenvalue weighted by molar-refractivity contribution is -0.119. The van der Waals surface area contributed by atoms with Crippen LogP contribution < -0.4 is 5.32 Å². The Morgan fingerprint density at radius 3 is 2.88 bits per heavy atom. The third-order valence-electron chi connectivity index (χ3n) is 2.76. The van der Waals surface area contributed by atoms with Gasteiger partial charge in [0.15, 0.2) is 6.61 Å². The van der Waals surface area contributed by atoms with E-state index in [9.17, 15) is 14.0 Å². The zero-order chi connectivity index (χ0) is 16.9. The van der Waals surface area contributed by atoms with E-state index in [1.807, 2.05) is 0 Å². The van der Waals surface area contributed by atoms with Crippen LogP contribution in [0, 0.1) is 5.82 Å². The quantitative estimate of drug-likeness (QED) is 0.705. The summed E-state index contributed by atoms with van der Waals surface area (Å²) in [6.45, 7) is -0.500. The largest absolute Gasteiger partial charge is 0.452 e. The standard InChI is InChI=1S/C14H10FN5O3S/c15-10-1-2-11(17-6-10)19-12(21)8-23-13(22)9-5-18-20(7-9)14-16-3-4-24-14/h1-7H,8H2,(H,17,19,21). The van der Waals surface area contributed by atoms with Crippen LogP contribution in [-0.2, 0) is 9.53 Å². The van der Waals surface area contributed by atoms with Crippen LogP contribution >= 0.6 is 11.3 Å². The van der Waals surface area contributed by atoms with Crippen LogP contribution in [0.5, 0.6) is 0 Å². The van der Waals surface area contributed by atoms with Crippen LogP contribution in [0.2, 0.25) is 0 Å². The zero-order valence-electron chi connectivity index (χ0n) is 12.0. The first-order valence-electron chi connectivity index (χ1n) is 6.65. The average Bonchev–Trinajstić information content (AvgIpc) is 3.25. The van der Waals surface area contributed by atoms with Crippen molar-refractivity contribution in [1.29, 1.82) is 0 Å². The Hall–Kier alpha value is -3.14. The van der Waals surface area contributed by atoms with E-state index in [0.29, 0.717) is 5.13 Å². The van der Waals surface area contributed by atoms with E-state index >= 15 is 0 Å². The zero-order valence-corrected chi connectivity index (χ0v) is 12.9. The topological polar surface area (TPSA) is 99.0 Å². The summed E-state index contributed by atoms with van der Waals surface area (Å²) in [4.78, 5) is 31.3. The second-order valence-corrected chi connectivity index (χ2v) is 5.35. The number of carbonyl (C=O) groups is 2. The van der Waals surface area contributed by atoms with E-state index in [-0.39, 0.29) is 11.4 Å². The number of nitrogens with zero attached hydrogens (tertiary/aromatic N) is 4. The SMILES string of the molecule is O=C(COC(=O)c1cnn(-c2nccs2)c1)Nc1ccc(F)cn1. The number of amides is 1. The molecule has 3 rings (SSSR count). The molecule has 0 aliphatic heterocycles. The molecule has 10 heteroatoms. The van der Waals surface area contributed by atoms with Gasteiger partial charge in [-0.15, -0.1) is 11.3 Å². The highest BCUT2D eigenvalue weighted by atomic mass is 32.1. The third-order valence-corrected chi connectivity index (χ3v) is 3.52. The van der Waals surface area contributed by atoms with Gasteiger partial charge in [0.2, 0.25) is 5.13 Å². The van der Waals surface area contributed by atoms with Gasteiger partial charge in [-0.25, -0.2) is 23.8 Å². The molecule has 0 radical (unpaired) electrons. The maximum absolute atomic E-state index is 12.7. The second kappa shape index (κ2) is 6.96. The summed E-state index contributed by atoms with van der Waals surface area (Å²) >= 11 is 1.36. The molecule has 0 fully saturated rings. The molecule has 0 spiro atoms. The number of halogens is 1. The molecule has 1 amide bonds. The van der Waals surface area contributed by atoms with E-state index < -0.39 is 24.3 Å². The number of rotatable bonds is 5.